The standard InChI is InChI=1S/C6H12N4O.2ClH/c1-11-3-2-10-5-6(4-7)8-9-10;;/h5H,2-4,7H2,1H3;2*1H. The maximum atomic E-state index is 5.34. The highest BCUT2D eigenvalue weighted by molar-refractivity contribution is 5.85. The Bertz CT molecular complexity index is 218. The van der Waals surface area contributed by atoms with Crippen LogP contribution in [0, 0.1) is 0 Å². The van der Waals surface area contributed by atoms with Crippen molar-refractivity contribution in [3.05, 3.63) is 11.9 Å². The minimum Gasteiger partial charge on any atom is -0.383 e. The van der Waals surface area contributed by atoms with Gasteiger partial charge in [-0.2, -0.15) is 0 Å². The molecule has 0 aliphatic carbocycles. The van der Waals surface area contributed by atoms with Crippen molar-refractivity contribution in [2.45, 2.75) is 13.1 Å². The molecule has 1 heterocycles. The fourth-order valence-electron chi connectivity index (χ4n) is 0.726. The molecule has 0 saturated carbocycles. The summed E-state index contributed by atoms with van der Waals surface area (Å²) in [6.45, 7) is 1.81. The first-order valence-corrected chi connectivity index (χ1v) is 3.45. The van der Waals surface area contributed by atoms with E-state index in [-0.39, 0.29) is 24.8 Å². The number of aromatic nitrogens is 3. The molecule has 1 aromatic heterocycles. The van der Waals surface area contributed by atoms with Gasteiger partial charge < -0.3 is 10.5 Å². The van der Waals surface area contributed by atoms with Crippen LogP contribution in [-0.2, 0) is 17.8 Å². The van der Waals surface area contributed by atoms with Crippen LogP contribution in [0.1, 0.15) is 5.69 Å². The van der Waals surface area contributed by atoms with E-state index in [0.29, 0.717) is 13.2 Å². The van der Waals surface area contributed by atoms with E-state index in [9.17, 15) is 0 Å². The number of rotatable bonds is 4. The third-order valence-electron chi connectivity index (χ3n) is 1.32. The maximum absolute atomic E-state index is 5.34. The molecule has 1 aromatic rings. The Balaban J connectivity index is 0. The Morgan fingerprint density at radius 3 is 2.69 bits per heavy atom. The van der Waals surface area contributed by atoms with Crippen LogP contribution in [0.3, 0.4) is 0 Å². The summed E-state index contributed by atoms with van der Waals surface area (Å²) in [4.78, 5) is 0. The normalized spacial score (nSPS) is 8.77. The van der Waals surface area contributed by atoms with E-state index in [2.05, 4.69) is 10.3 Å². The van der Waals surface area contributed by atoms with Crippen molar-refractivity contribution in [1.29, 1.82) is 0 Å². The summed E-state index contributed by atoms with van der Waals surface area (Å²) in [5, 5.41) is 7.65. The summed E-state index contributed by atoms with van der Waals surface area (Å²) in [5.74, 6) is 0. The maximum Gasteiger partial charge on any atom is 0.0962 e. The van der Waals surface area contributed by atoms with Crippen LogP contribution in [-0.4, -0.2) is 28.7 Å². The molecular formula is C6H14Cl2N4O. The first-order valence-electron chi connectivity index (χ1n) is 3.45. The molecule has 0 radical (unpaired) electrons. The predicted molar refractivity (Wildman–Crippen MR) is 54.3 cm³/mol. The zero-order chi connectivity index (χ0) is 8.10. The molecule has 0 atom stereocenters. The number of methoxy groups -OCH3 is 1. The minimum atomic E-state index is 0. The molecular weight excluding hydrogens is 215 g/mol. The van der Waals surface area contributed by atoms with Crippen molar-refractivity contribution in [2.75, 3.05) is 13.7 Å². The van der Waals surface area contributed by atoms with Gasteiger partial charge in [-0.05, 0) is 0 Å². The fraction of sp³-hybridized carbons (Fsp3) is 0.667. The Morgan fingerprint density at radius 2 is 2.23 bits per heavy atom. The number of hydrogen-bond donors (Lipinski definition) is 1. The highest BCUT2D eigenvalue weighted by atomic mass is 35.5. The van der Waals surface area contributed by atoms with Gasteiger partial charge in [0.05, 0.1) is 18.8 Å². The predicted octanol–water partition coefficient (Wildman–Crippen LogP) is 0.227. The first kappa shape index (κ1) is 15.1. The van der Waals surface area contributed by atoms with Gasteiger partial charge in [-0.1, -0.05) is 5.21 Å². The molecule has 5 nitrogen and oxygen atoms in total. The lowest BCUT2D eigenvalue weighted by atomic mass is 10.5. The topological polar surface area (TPSA) is 66.0 Å². The summed E-state index contributed by atoms with van der Waals surface area (Å²) in [6, 6.07) is 0. The molecule has 78 valence electrons. The third-order valence-corrected chi connectivity index (χ3v) is 1.32. The molecule has 0 fully saturated rings. The lowest BCUT2D eigenvalue weighted by Gasteiger charge is -1.96. The van der Waals surface area contributed by atoms with E-state index in [0.717, 1.165) is 12.2 Å². The lowest BCUT2D eigenvalue weighted by molar-refractivity contribution is 0.183. The summed E-state index contributed by atoms with van der Waals surface area (Å²) >= 11 is 0. The van der Waals surface area contributed by atoms with Gasteiger partial charge in [0.15, 0.2) is 0 Å². The van der Waals surface area contributed by atoms with Crippen LogP contribution in [0.15, 0.2) is 6.20 Å². The number of nitrogens with zero attached hydrogens (tertiary/aromatic N) is 3. The largest absolute Gasteiger partial charge is 0.383 e. The van der Waals surface area contributed by atoms with Crippen molar-refractivity contribution in [2.24, 2.45) is 5.73 Å². The van der Waals surface area contributed by atoms with Gasteiger partial charge in [-0.15, -0.1) is 29.9 Å². The Labute approximate surface area is 89.4 Å². The Morgan fingerprint density at radius 1 is 1.54 bits per heavy atom. The molecule has 2 N–H and O–H groups in total. The quantitative estimate of drug-likeness (QED) is 0.802. The van der Waals surface area contributed by atoms with Gasteiger partial charge in [0.1, 0.15) is 0 Å². The number of hydrogen-bond acceptors (Lipinski definition) is 4. The van der Waals surface area contributed by atoms with E-state index in [1.165, 1.54) is 0 Å². The lowest BCUT2D eigenvalue weighted by Crippen LogP contribution is -2.04. The second kappa shape index (κ2) is 8.25. The highest BCUT2D eigenvalue weighted by Crippen LogP contribution is 1.90. The Kier molecular flexibility index (Phi) is 9.60. The molecule has 0 spiro atoms. The zero-order valence-corrected chi connectivity index (χ0v) is 8.98. The van der Waals surface area contributed by atoms with Gasteiger partial charge in [-0.25, -0.2) is 4.68 Å². The number of ether oxygens (including phenoxy) is 1. The Hall–Kier alpha value is -0.360. The van der Waals surface area contributed by atoms with Crippen molar-refractivity contribution in [3.63, 3.8) is 0 Å². The van der Waals surface area contributed by atoms with E-state index in [1.807, 2.05) is 6.20 Å². The van der Waals surface area contributed by atoms with Gasteiger partial charge in [-0.3, -0.25) is 0 Å². The average Bonchev–Trinajstić information content (AvgIpc) is 2.48. The second-order valence-electron chi connectivity index (χ2n) is 2.17. The molecule has 0 amide bonds. The van der Waals surface area contributed by atoms with E-state index >= 15 is 0 Å². The zero-order valence-electron chi connectivity index (χ0n) is 7.34. The van der Waals surface area contributed by atoms with Crippen molar-refractivity contribution >= 4 is 24.8 Å². The smallest absolute Gasteiger partial charge is 0.0962 e. The molecule has 13 heavy (non-hydrogen) atoms. The highest BCUT2D eigenvalue weighted by Gasteiger charge is 1.96. The van der Waals surface area contributed by atoms with Crippen molar-refractivity contribution in [3.8, 4) is 0 Å². The monoisotopic (exact) mass is 228 g/mol. The average molecular weight is 229 g/mol. The van der Waals surface area contributed by atoms with Crippen LogP contribution in [0.2, 0.25) is 0 Å². The van der Waals surface area contributed by atoms with Crippen LogP contribution >= 0.6 is 24.8 Å². The van der Waals surface area contributed by atoms with Gasteiger partial charge >= 0.3 is 0 Å². The first-order chi connectivity index (χ1) is 5.36. The third kappa shape index (κ3) is 5.05. The van der Waals surface area contributed by atoms with Crippen LogP contribution < -0.4 is 5.73 Å². The van der Waals surface area contributed by atoms with Gasteiger partial charge in [0.25, 0.3) is 0 Å². The molecule has 7 heteroatoms. The van der Waals surface area contributed by atoms with E-state index in [1.54, 1.807) is 11.8 Å². The second-order valence-corrected chi connectivity index (χ2v) is 2.17. The van der Waals surface area contributed by atoms with Gasteiger partial charge in [0.2, 0.25) is 0 Å². The van der Waals surface area contributed by atoms with Crippen LogP contribution in [0.25, 0.3) is 0 Å². The molecule has 0 bridgehead atoms. The number of halogens is 2. The van der Waals surface area contributed by atoms with E-state index in [4.69, 9.17) is 10.5 Å². The summed E-state index contributed by atoms with van der Waals surface area (Å²) in [6.07, 6.45) is 1.82. The van der Waals surface area contributed by atoms with Crippen LogP contribution in [0.4, 0.5) is 0 Å². The minimum absolute atomic E-state index is 0. The van der Waals surface area contributed by atoms with Crippen molar-refractivity contribution in [1.82, 2.24) is 15.0 Å². The molecule has 0 aromatic carbocycles. The van der Waals surface area contributed by atoms with Gasteiger partial charge in [0, 0.05) is 19.9 Å². The summed E-state index contributed by atoms with van der Waals surface area (Å²) < 4.78 is 6.58. The fourth-order valence-corrected chi connectivity index (χ4v) is 0.726. The van der Waals surface area contributed by atoms with Crippen molar-refractivity contribution < 1.29 is 4.74 Å². The summed E-state index contributed by atoms with van der Waals surface area (Å²) in [7, 11) is 1.65. The van der Waals surface area contributed by atoms with E-state index < -0.39 is 0 Å². The molecule has 0 aliphatic heterocycles. The SMILES string of the molecule is COCCn1cc(CN)nn1.Cl.Cl. The molecule has 0 unspecified atom stereocenters. The summed E-state index contributed by atoms with van der Waals surface area (Å²) in [5.41, 5.74) is 6.15. The molecule has 0 aliphatic rings. The van der Waals surface area contributed by atoms with Crippen LogP contribution in [0.5, 0.6) is 0 Å². The molecule has 0 saturated heterocycles. The number of nitrogens with two attached hydrogens (primary N) is 1. The molecule has 1 rings (SSSR count).